The predicted octanol–water partition coefficient (Wildman–Crippen LogP) is 5.15. The van der Waals surface area contributed by atoms with E-state index in [1.165, 1.54) is 0 Å². The highest BCUT2D eigenvalue weighted by atomic mass is 79.9. The van der Waals surface area contributed by atoms with E-state index in [0.29, 0.717) is 17.6 Å². The first-order valence-corrected chi connectivity index (χ1v) is 11.5. The van der Waals surface area contributed by atoms with Crippen molar-refractivity contribution in [2.45, 2.75) is 46.6 Å². The van der Waals surface area contributed by atoms with Crippen molar-refractivity contribution in [3.05, 3.63) is 58.0 Å². The largest absolute Gasteiger partial charge is 0.368 e. The van der Waals surface area contributed by atoms with Gasteiger partial charge in [0, 0.05) is 23.8 Å². The van der Waals surface area contributed by atoms with Crippen LogP contribution in [0, 0.1) is 19.3 Å². The van der Waals surface area contributed by atoms with Gasteiger partial charge in [-0.2, -0.15) is 0 Å². The van der Waals surface area contributed by atoms with Crippen LogP contribution in [-0.4, -0.2) is 44.9 Å². The Hall–Kier alpha value is -2.54. The average molecular weight is 482 g/mol. The standard InChI is InChI=1S/C24H28BrN5O/c1-15-16(2)29-22-18(7-5-8-19(22)28-15)23(31)30-12-6-11-24(3,4)20(30)14-27-21-10-9-17(25)13-26-21/h5,7-10,13,20H,6,11-12,14H2,1-4H3,(H,26,27). The number of fused-ring (bicyclic) bond motifs is 1. The number of benzene rings is 1. The van der Waals surface area contributed by atoms with Gasteiger partial charge >= 0.3 is 0 Å². The Labute approximate surface area is 191 Å². The molecule has 0 aliphatic carbocycles. The van der Waals surface area contributed by atoms with Crippen LogP contribution in [0.15, 0.2) is 41.0 Å². The highest BCUT2D eigenvalue weighted by molar-refractivity contribution is 9.10. The van der Waals surface area contributed by atoms with Crippen molar-refractivity contribution in [1.29, 1.82) is 0 Å². The molecule has 162 valence electrons. The van der Waals surface area contributed by atoms with E-state index in [1.54, 1.807) is 6.20 Å². The molecule has 1 amide bonds. The van der Waals surface area contributed by atoms with Gasteiger partial charge in [0.2, 0.25) is 0 Å². The molecule has 1 N–H and O–H groups in total. The lowest BCUT2D eigenvalue weighted by Crippen LogP contribution is -2.55. The molecule has 1 aliphatic rings. The molecule has 31 heavy (non-hydrogen) atoms. The van der Waals surface area contributed by atoms with Gasteiger partial charge in [-0.1, -0.05) is 19.9 Å². The Morgan fingerprint density at radius 2 is 1.97 bits per heavy atom. The summed E-state index contributed by atoms with van der Waals surface area (Å²) in [7, 11) is 0. The molecule has 3 heterocycles. The van der Waals surface area contributed by atoms with Gasteiger partial charge in [0.25, 0.3) is 5.91 Å². The van der Waals surface area contributed by atoms with Crippen molar-refractivity contribution in [3.8, 4) is 0 Å². The van der Waals surface area contributed by atoms with Crippen LogP contribution in [0.3, 0.4) is 0 Å². The van der Waals surface area contributed by atoms with Gasteiger partial charge in [-0.3, -0.25) is 4.79 Å². The Morgan fingerprint density at radius 1 is 1.19 bits per heavy atom. The SMILES string of the molecule is Cc1nc2cccc(C(=O)N3CCCC(C)(C)C3CNc3ccc(Br)cn3)c2nc1C. The maximum absolute atomic E-state index is 13.8. The van der Waals surface area contributed by atoms with Crippen molar-refractivity contribution in [1.82, 2.24) is 19.9 Å². The summed E-state index contributed by atoms with van der Waals surface area (Å²) in [5.74, 6) is 0.825. The van der Waals surface area contributed by atoms with Gasteiger partial charge in [0.1, 0.15) is 11.3 Å². The summed E-state index contributed by atoms with van der Waals surface area (Å²) in [6.07, 6.45) is 3.83. The molecular formula is C24H28BrN5O. The molecule has 2 aromatic heterocycles. The number of rotatable bonds is 4. The molecule has 4 rings (SSSR count). The highest BCUT2D eigenvalue weighted by Gasteiger charge is 2.40. The fourth-order valence-corrected chi connectivity index (χ4v) is 4.57. The van der Waals surface area contributed by atoms with E-state index in [1.807, 2.05) is 49.1 Å². The Kier molecular flexibility index (Phi) is 5.97. The number of anilines is 1. The van der Waals surface area contributed by atoms with E-state index >= 15 is 0 Å². The molecule has 1 aromatic carbocycles. The minimum Gasteiger partial charge on any atom is -0.368 e. The number of carbonyl (C=O) groups is 1. The van der Waals surface area contributed by atoms with Crippen LogP contribution in [0.4, 0.5) is 5.82 Å². The molecule has 1 aliphatic heterocycles. The lowest BCUT2D eigenvalue weighted by molar-refractivity contribution is 0.0321. The summed E-state index contributed by atoms with van der Waals surface area (Å²) >= 11 is 3.42. The van der Waals surface area contributed by atoms with Crippen LogP contribution >= 0.6 is 15.9 Å². The number of hydrogen-bond donors (Lipinski definition) is 1. The first kappa shape index (κ1) is 21.7. The number of piperidine rings is 1. The number of amides is 1. The zero-order valence-corrected chi connectivity index (χ0v) is 20.0. The molecule has 7 heteroatoms. The lowest BCUT2D eigenvalue weighted by atomic mass is 9.76. The molecule has 0 spiro atoms. The summed E-state index contributed by atoms with van der Waals surface area (Å²) in [5, 5.41) is 3.43. The van der Waals surface area contributed by atoms with E-state index in [0.717, 1.165) is 46.6 Å². The molecule has 0 radical (unpaired) electrons. The van der Waals surface area contributed by atoms with Gasteiger partial charge in [-0.25, -0.2) is 15.0 Å². The first-order chi connectivity index (χ1) is 14.8. The zero-order chi connectivity index (χ0) is 22.2. The molecular weight excluding hydrogens is 454 g/mol. The Bertz CT molecular complexity index is 1110. The molecule has 0 bridgehead atoms. The normalized spacial score (nSPS) is 18.2. The molecule has 3 aromatic rings. The Balaban J connectivity index is 1.65. The third-order valence-corrected chi connectivity index (χ3v) is 6.77. The summed E-state index contributed by atoms with van der Waals surface area (Å²) in [6, 6.07) is 9.63. The van der Waals surface area contributed by atoms with E-state index in [-0.39, 0.29) is 17.4 Å². The number of hydrogen-bond acceptors (Lipinski definition) is 5. The fraction of sp³-hybridized carbons (Fsp3) is 0.417. The maximum Gasteiger partial charge on any atom is 0.256 e. The molecule has 1 saturated heterocycles. The minimum atomic E-state index is -0.0148. The van der Waals surface area contributed by atoms with Crippen LogP contribution in [-0.2, 0) is 0 Å². The van der Waals surface area contributed by atoms with Gasteiger partial charge in [0.05, 0.1) is 28.5 Å². The number of pyridine rings is 1. The second-order valence-corrected chi connectivity index (χ2v) is 9.83. The maximum atomic E-state index is 13.8. The lowest BCUT2D eigenvalue weighted by Gasteiger charge is -2.46. The zero-order valence-electron chi connectivity index (χ0n) is 18.4. The highest BCUT2D eigenvalue weighted by Crippen LogP contribution is 2.36. The summed E-state index contributed by atoms with van der Waals surface area (Å²) in [4.78, 5) is 29.6. The van der Waals surface area contributed by atoms with Crippen molar-refractivity contribution in [3.63, 3.8) is 0 Å². The molecule has 1 unspecified atom stereocenters. The number of nitrogens with one attached hydrogen (secondary N) is 1. The van der Waals surface area contributed by atoms with Gasteiger partial charge in [0.15, 0.2) is 0 Å². The van der Waals surface area contributed by atoms with Gasteiger partial charge in [-0.05, 0) is 72.3 Å². The number of para-hydroxylation sites is 1. The second kappa shape index (κ2) is 8.54. The van der Waals surface area contributed by atoms with Crippen LogP contribution in [0.1, 0.15) is 48.4 Å². The summed E-state index contributed by atoms with van der Waals surface area (Å²) in [5.41, 5.74) is 3.79. The van der Waals surface area contributed by atoms with E-state index in [9.17, 15) is 4.79 Å². The van der Waals surface area contributed by atoms with Crippen molar-refractivity contribution in [2.75, 3.05) is 18.4 Å². The third kappa shape index (κ3) is 4.42. The van der Waals surface area contributed by atoms with Gasteiger partial charge < -0.3 is 10.2 Å². The van der Waals surface area contributed by atoms with Crippen LogP contribution in [0.5, 0.6) is 0 Å². The smallest absolute Gasteiger partial charge is 0.256 e. The molecule has 0 saturated carbocycles. The minimum absolute atomic E-state index is 0.0148. The van der Waals surface area contributed by atoms with Crippen LogP contribution < -0.4 is 5.32 Å². The number of nitrogens with zero attached hydrogens (tertiary/aromatic N) is 4. The number of aryl methyl sites for hydroxylation is 2. The molecule has 1 atom stereocenters. The van der Waals surface area contributed by atoms with E-state index < -0.39 is 0 Å². The Morgan fingerprint density at radius 3 is 2.71 bits per heavy atom. The summed E-state index contributed by atoms with van der Waals surface area (Å²) in [6.45, 7) is 9.74. The molecule has 6 nitrogen and oxygen atoms in total. The van der Waals surface area contributed by atoms with Crippen molar-refractivity contribution < 1.29 is 4.79 Å². The first-order valence-electron chi connectivity index (χ1n) is 10.7. The van der Waals surface area contributed by atoms with E-state index in [4.69, 9.17) is 4.98 Å². The predicted molar refractivity (Wildman–Crippen MR) is 127 cm³/mol. The monoisotopic (exact) mass is 481 g/mol. The number of aromatic nitrogens is 3. The number of likely N-dealkylation sites (tertiary alicyclic amines) is 1. The topological polar surface area (TPSA) is 71.0 Å². The van der Waals surface area contributed by atoms with Crippen molar-refractivity contribution >= 4 is 38.7 Å². The molecule has 1 fully saturated rings. The fourth-order valence-electron chi connectivity index (χ4n) is 4.34. The number of halogens is 1. The van der Waals surface area contributed by atoms with E-state index in [2.05, 4.69) is 45.1 Å². The van der Waals surface area contributed by atoms with Crippen molar-refractivity contribution in [2.24, 2.45) is 5.41 Å². The van der Waals surface area contributed by atoms with Crippen LogP contribution in [0.2, 0.25) is 0 Å². The number of carbonyl (C=O) groups excluding carboxylic acids is 1. The third-order valence-electron chi connectivity index (χ3n) is 6.30. The van der Waals surface area contributed by atoms with Crippen LogP contribution in [0.25, 0.3) is 11.0 Å². The summed E-state index contributed by atoms with van der Waals surface area (Å²) < 4.78 is 0.940. The average Bonchev–Trinajstić information content (AvgIpc) is 2.73. The van der Waals surface area contributed by atoms with Gasteiger partial charge in [-0.15, -0.1) is 0 Å². The quantitative estimate of drug-likeness (QED) is 0.557. The second-order valence-electron chi connectivity index (χ2n) is 8.92.